The number of nitrogens with one attached hydrogen (secondary N) is 1. The fourth-order valence-corrected chi connectivity index (χ4v) is 3.26. The molecule has 1 aromatic carbocycles. The van der Waals surface area contributed by atoms with Gasteiger partial charge in [0.05, 0.1) is 13.2 Å². The Labute approximate surface area is 110 Å². The van der Waals surface area contributed by atoms with Gasteiger partial charge in [-0.3, -0.25) is 0 Å². The average Bonchev–Trinajstić information content (AvgIpc) is 2.80. The molecule has 2 fully saturated rings. The van der Waals surface area contributed by atoms with Crippen LogP contribution in [0.25, 0.3) is 0 Å². The minimum Gasteiger partial charge on any atom is -0.379 e. The molecule has 3 rings (SSSR count). The lowest BCUT2D eigenvalue weighted by molar-refractivity contribution is -0.0706. The fraction of sp³-hybridized carbons (Fsp3) is 0.625. The van der Waals surface area contributed by atoms with Gasteiger partial charge in [-0.2, -0.15) is 0 Å². The number of hydrogen-bond donors (Lipinski definition) is 1. The minimum atomic E-state index is 0.301. The SMILES string of the molecule is Cc1ccc(C2(CC3CCNC3)COC2)cc1C. The normalized spacial score (nSPS) is 26.0. The van der Waals surface area contributed by atoms with Gasteiger partial charge in [0.2, 0.25) is 0 Å². The van der Waals surface area contributed by atoms with Crippen molar-refractivity contribution in [2.75, 3.05) is 26.3 Å². The molecule has 98 valence electrons. The van der Waals surface area contributed by atoms with Gasteiger partial charge in [-0.05, 0) is 62.4 Å². The van der Waals surface area contributed by atoms with Gasteiger partial charge in [0.15, 0.2) is 0 Å². The smallest absolute Gasteiger partial charge is 0.0585 e. The molecule has 0 saturated carbocycles. The molecule has 18 heavy (non-hydrogen) atoms. The Morgan fingerprint density at radius 2 is 2.11 bits per heavy atom. The van der Waals surface area contributed by atoms with Crippen LogP contribution in [0.15, 0.2) is 18.2 Å². The Hall–Kier alpha value is -0.860. The molecule has 0 spiro atoms. The van der Waals surface area contributed by atoms with Gasteiger partial charge >= 0.3 is 0 Å². The van der Waals surface area contributed by atoms with Crippen LogP contribution >= 0.6 is 0 Å². The first kappa shape index (κ1) is 12.2. The number of rotatable bonds is 3. The Kier molecular flexibility index (Phi) is 3.16. The average molecular weight is 245 g/mol. The maximum atomic E-state index is 5.55. The van der Waals surface area contributed by atoms with Gasteiger partial charge < -0.3 is 10.1 Å². The first-order valence-electron chi connectivity index (χ1n) is 7.06. The maximum absolute atomic E-state index is 5.55. The highest BCUT2D eigenvalue weighted by Crippen LogP contribution is 2.40. The molecular formula is C16H23NO. The predicted molar refractivity (Wildman–Crippen MR) is 74.0 cm³/mol. The highest BCUT2D eigenvalue weighted by molar-refractivity contribution is 5.36. The van der Waals surface area contributed by atoms with E-state index >= 15 is 0 Å². The molecule has 0 bridgehead atoms. The molecule has 0 amide bonds. The van der Waals surface area contributed by atoms with Crippen LogP contribution < -0.4 is 5.32 Å². The van der Waals surface area contributed by atoms with Crippen LogP contribution in [0.3, 0.4) is 0 Å². The summed E-state index contributed by atoms with van der Waals surface area (Å²) in [5.74, 6) is 0.829. The molecule has 1 aromatic rings. The zero-order valence-corrected chi connectivity index (χ0v) is 11.5. The summed E-state index contributed by atoms with van der Waals surface area (Å²) < 4.78 is 5.55. The molecule has 1 N–H and O–H groups in total. The summed E-state index contributed by atoms with van der Waals surface area (Å²) >= 11 is 0. The van der Waals surface area contributed by atoms with Crippen LogP contribution in [0, 0.1) is 19.8 Å². The molecule has 0 aliphatic carbocycles. The zero-order chi connectivity index (χ0) is 12.6. The quantitative estimate of drug-likeness (QED) is 0.883. The monoisotopic (exact) mass is 245 g/mol. The standard InChI is InChI=1S/C16H23NO/c1-12-3-4-15(7-13(12)2)16(10-18-11-16)8-14-5-6-17-9-14/h3-4,7,14,17H,5-6,8-11H2,1-2H3. The van der Waals surface area contributed by atoms with Crippen LogP contribution in [0.2, 0.25) is 0 Å². The second-order valence-electron chi connectivity index (χ2n) is 6.14. The Bertz CT molecular complexity index is 431. The Morgan fingerprint density at radius 3 is 2.67 bits per heavy atom. The molecule has 0 aromatic heterocycles. The molecule has 2 aliphatic rings. The summed E-state index contributed by atoms with van der Waals surface area (Å²) in [6.45, 7) is 8.59. The van der Waals surface area contributed by atoms with Crippen LogP contribution in [-0.4, -0.2) is 26.3 Å². The van der Waals surface area contributed by atoms with Crippen LogP contribution in [-0.2, 0) is 10.2 Å². The van der Waals surface area contributed by atoms with Crippen molar-refractivity contribution < 1.29 is 4.74 Å². The molecule has 1 unspecified atom stereocenters. The van der Waals surface area contributed by atoms with E-state index in [9.17, 15) is 0 Å². The molecule has 2 saturated heterocycles. The Morgan fingerprint density at radius 1 is 1.28 bits per heavy atom. The second kappa shape index (κ2) is 4.67. The zero-order valence-electron chi connectivity index (χ0n) is 11.5. The summed E-state index contributed by atoms with van der Waals surface area (Å²) in [6, 6.07) is 6.95. The second-order valence-corrected chi connectivity index (χ2v) is 6.14. The van der Waals surface area contributed by atoms with Gasteiger partial charge in [-0.15, -0.1) is 0 Å². The summed E-state index contributed by atoms with van der Waals surface area (Å²) in [5, 5.41) is 3.47. The fourth-order valence-electron chi connectivity index (χ4n) is 3.26. The minimum absolute atomic E-state index is 0.301. The Balaban J connectivity index is 1.83. The third-order valence-corrected chi connectivity index (χ3v) is 4.72. The van der Waals surface area contributed by atoms with Crippen molar-refractivity contribution in [3.05, 3.63) is 34.9 Å². The van der Waals surface area contributed by atoms with E-state index in [4.69, 9.17) is 4.74 Å². The molecule has 2 heterocycles. The molecule has 2 nitrogen and oxygen atoms in total. The van der Waals surface area contributed by atoms with Gasteiger partial charge in [0.1, 0.15) is 0 Å². The maximum Gasteiger partial charge on any atom is 0.0585 e. The van der Waals surface area contributed by atoms with E-state index in [2.05, 4.69) is 37.4 Å². The number of benzene rings is 1. The number of ether oxygens (including phenoxy) is 1. The topological polar surface area (TPSA) is 21.3 Å². The molecule has 2 aliphatic heterocycles. The lowest BCUT2D eigenvalue weighted by Gasteiger charge is -2.44. The van der Waals surface area contributed by atoms with Crippen LogP contribution in [0.1, 0.15) is 29.5 Å². The van der Waals surface area contributed by atoms with E-state index in [1.807, 2.05) is 0 Å². The lowest BCUT2D eigenvalue weighted by Crippen LogP contribution is -2.48. The highest BCUT2D eigenvalue weighted by Gasteiger charge is 2.42. The van der Waals surface area contributed by atoms with Gasteiger partial charge in [-0.1, -0.05) is 18.2 Å². The molecule has 2 heteroatoms. The van der Waals surface area contributed by atoms with E-state index in [1.165, 1.54) is 42.6 Å². The van der Waals surface area contributed by atoms with Crippen molar-refractivity contribution >= 4 is 0 Å². The first-order chi connectivity index (χ1) is 8.70. The summed E-state index contributed by atoms with van der Waals surface area (Å²) in [6.07, 6.45) is 2.61. The van der Waals surface area contributed by atoms with Crippen LogP contribution in [0.4, 0.5) is 0 Å². The van der Waals surface area contributed by atoms with Gasteiger partial charge in [-0.25, -0.2) is 0 Å². The summed E-state index contributed by atoms with van der Waals surface area (Å²) in [7, 11) is 0. The van der Waals surface area contributed by atoms with Crippen molar-refractivity contribution in [3.63, 3.8) is 0 Å². The largest absolute Gasteiger partial charge is 0.379 e. The van der Waals surface area contributed by atoms with Gasteiger partial charge in [0, 0.05) is 5.41 Å². The van der Waals surface area contributed by atoms with Gasteiger partial charge in [0.25, 0.3) is 0 Å². The number of aryl methyl sites for hydroxylation is 2. The van der Waals surface area contributed by atoms with Crippen molar-refractivity contribution in [3.8, 4) is 0 Å². The van der Waals surface area contributed by atoms with E-state index < -0.39 is 0 Å². The molecular weight excluding hydrogens is 222 g/mol. The third-order valence-electron chi connectivity index (χ3n) is 4.72. The highest BCUT2D eigenvalue weighted by atomic mass is 16.5. The predicted octanol–water partition coefficient (Wildman–Crippen LogP) is 2.57. The molecule has 0 radical (unpaired) electrons. The summed E-state index contributed by atoms with van der Waals surface area (Å²) in [4.78, 5) is 0. The lowest BCUT2D eigenvalue weighted by atomic mass is 9.71. The van der Waals surface area contributed by atoms with Crippen molar-refractivity contribution in [1.82, 2.24) is 5.32 Å². The van der Waals surface area contributed by atoms with Crippen molar-refractivity contribution in [2.24, 2.45) is 5.92 Å². The van der Waals surface area contributed by atoms with E-state index in [-0.39, 0.29) is 0 Å². The molecule has 1 atom stereocenters. The van der Waals surface area contributed by atoms with E-state index in [0.717, 1.165) is 19.1 Å². The third kappa shape index (κ3) is 2.08. The van der Waals surface area contributed by atoms with Crippen LogP contribution in [0.5, 0.6) is 0 Å². The number of hydrogen-bond acceptors (Lipinski definition) is 2. The van der Waals surface area contributed by atoms with Crippen molar-refractivity contribution in [2.45, 2.75) is 32.1 Å². The van der Waals surface area contributed by atoms with E-state index in [1.54, 1.807) is 0 Å². The first-order valence-corrected chi connectivity index (χ1v) is 7.06. The van der Waals surface area contributed by atoms with E-state index in [0.29, 0.717) is 5.41 Å². The van der Waals surface area contributed by atoms with Crippen molar-refractivity contribution in [1.29, 1.82) is 0 Å². The summed E-state index contributed by atoms with van der Waals surface area (Å²) in [5.41, 5.74) is 4.58.